The Balaban J connectivity index is 2.09. The van der Waals surface area contributed by atoms with Gasteiger partial charge in [0.1, 0.15) is 12.4 Å². The number of ether oxygens (including phenoxy) is 2. The highest BCUT2D eigenvalue weighted by Gasteiger charge is 2.17. The molecule has 9 nitrogen and oxygen atoms in total. The molecule has 0 radical (unpaired) electrons. The number of carbonyl (C=O) groups excluding carboxylic acids is 1. The van der Waals surface area contributed by atoms with E-state index in [0.29, 0.717) is 17.9 Å². The highest BCUT2D eigenvalue weighted by Crippen LogP contribution is 2.21. The van der Waals surface area contributed by atoms with Crippen LogP contribution in [0.15, 0.2) is 36.4 Å². The van der Waals surface area contributed by atoms with Crippen molar-refractivity contribution in [2.24, 2.45) is 0 Å². The van der Waals surface area contributed by atoms with Crippen LogP contribution in [0.1, 0.15) is 22.9 Å². The normalized spacial score (nSPS) is 11.5. The molecule has 1 unspecified atom stereocenters. The second-order valence-electron chi connectivity index (χ2n) is 5.98. The molecule has 0 aliphatic carbocycles. The molecule has 0 aliphatic heterocycles. The van der Waals surface area contributed by atoms with Crippen molar-refractivity contribution >= 4 is 23.4 Å². The van der Waals surface area contributed by atoms with E-state index >= 15 is 0 Å². The fraction of sp³-hybridized carbons (Fsp3) is 0.316. The molecular weight excluding hydrogens is 362 g/mol. The highest BCUT2D eigenvalue weighted by atomic mass is 16.5. The Morgan fingerprint density at radius 1 is 1.36 bits per heavy atom. The first-order valence-electron chi connectivity index (χ1n) is 8.67. The summed E-state index contributed by atoms with van der Waals surface area (Å²) in [6, 6.07) is 10.1. The number of methoxy groups -OCH3 is 1. The van der Waals surface area contributed by atoms with Crippen LogP contribution in [0.4, 0.5) is 16.3 Å². The molecule has 0 saturated carbocycles. The molecule has 6 N–H and O–H groups in total. The lowest BCUT2D eigenvalue weighted by atomic mass is 10.1. The van der Waals surface area contributed by atoms with Gasteiger partial charge in [0, 0.05) is 18.9 Å². The topological polar surface area (TPSA) is 143 Å². The van der Waals surface area contributed by atoms with Crippen LogP contribution in [0.3, 0.4) is 0 Å². The Labute approximate surface area is 163 Å². The summed E-state index contributed by atoms with van der Waals surface area (Å²) in [5.74, 6) is 0.0622. The molecule has 0 saturated heterocycles. The fourth-order valence-corrected chi connectivity index (χ4v) is 2.66. The molecule has 0 fully saturated rings. The number of nitrogens with two attached hydrogens (primary N) is 1. The van der Waals surface area contributed by atoms with Crippen molar-refractivity contribution in [2.45, 2.75) is 13.0 Å². The average Bonchev–Trinajstić information content (AvgIpc) is 2.66. The van der Waals surface area contributed by atoms with E-state index in [0.717, 1.165) is 5.56 Å². The van der Waals surface area contributed by atoms with Gasteiger partial charge in [0.2, 0.25) is 5.90 Å². The predicted molar refractivity (Wildman–Crippen MR) is 106 cm³/mol. The number of aliphatic hydroxyl groups excluding tert-OH is 1. The lowest BCUT2D eigenvalue weighted by Gasteiger charge is -2.19. The number of hydrogen-bond donors (Lipinski definition) is 5. The van der Waals surface area contributed by atoms with Crippen molar-refractivity contribution in [3.05, 3.63) is 53.2 Å². The molecule has 2 rings (SSSR count). The van der Waals surface area contributed by atoms with Gasteiger partial charge >= 0.3 is 6.03 Å². The average molecular weight is 387 g/mol. The second-order valence-corrected chi connectivity index (χ2v) is 5.98. The second kappa shape index (κ2) is 10.2. The number of carbonyl (C=O) groups is 1. The molecule has 0 spiro atoms. The lowest BCUT2D eigenvalue weighted by molar-refractivity contribution is 0.168. The summed E-state index contributed by atoms with van der Waals surface area (Å²) >= 11 is 0. The maximum atomic E-state index is 12.4. The van der Waals surface area contributed by atoms with Gasteiger partial charge in [-0.15, -0.1) is 0 Å². The predicted octanol–water partition coefficient (Wildman–Crippen LogP) is 1.82. The number of nitrogen functional groups attached to an aromatic ring is 1. The Bertz CT molecular complexity index is 790. The lowest BCUT2D eigenvalue weighted by Crippen LogP contribution is -2.35. The summed E-state index contributed by atoms with van der Waals surface area (Å²) in [6.45, 7) is 1.74. The minimum absolute atomic E-state index is 0.0134. The number of nitrogens with one attached hydrogen (secondary N) is 3. The van der Waals surface area contributed by atoms with E-state index in [2.05, 4.69) is 15.6 Å². The van der Waals surface area contributed by atoms with Crippen molar-refractivity contribution < 1.29 is 19.4 Å². The monoisotopic (exact) mass is 387 g/mol. The smallest absolute Gasteiger partial charge is 0.320 e. The van der Waals surface area contributed by atoms with Crippen LogP contribution < -0.4 is 16.4 Å². The van der Waals surface area contributed by atoms with E-state index in [1.54, 1.807) is 14.0 Å². The third kappa shape index (κ3) is 5.66. The van der Waals surface area contributed by atoms with Gasteiger partial charge in [-0.3, -0.25) is 10.7 Å². The fourth-order valence-electron chi connectivity index (χ4n) is 2.66. The van der Waals surface area contributed by atoms with E-state index in [4.69, 9.17) is 25.7 Å². The van der Waals surface area contributed by atoms with E-state index in [1.165, 1.54) is 6.07 Å². The van der Waals surface area contributed by atoms with Gasteiger partial charge in [-0.2, -0.15) is 0 Å². The molecule has 1 heterocycles. The maximum Gasteiger partial charge on any atom is 0.320 e. The minimum Gasteiger partial charge on any atom is -0.475 e. The number of amides is 2. The van der Waals surface area contributed by atoms with E-state index < -0.39 is 6.03 Å². The van der Waals surface area contributed by atoms with Gasteiger partial charge in [0.05, 0.1) is 30.5 Å². The van der Waals surface area contributed by atoms with Crippen LogP contribution >= 0.6 is 0 Å². The molecule has 1 aromatic heterocycles. The van der Waals surface area contributed by atoms with Crippen LogP contribution in [0, 0.1) is 12.3 Å². The van der Waals surface area contributed by atoms with Crippen LogP contribution in [0.25, 0.3) is 0 Å². The number of aryl methyl sites for hydroxylation is 1. The highest BCUT2D eigenvalue weighted by molar-refractivity contribution is 5.99. The van der Waals surface area contributed by atoms with Gasteiger partial charge in [0.15, 0.2) is 0 Å². The number of hydrogen-bond acceptors (Lipinski definition) is 7. The van der Waals surface area contributed by atoms with Gasteiger partial charge in [0.25, 0.3) is 0 Å². The summed E-state index contributed by atoms with van der Waals surface area (Å²) in [7, 11) is 1.56. The van der Waals surface area contributed by atoms with Crippen molar-refractivity contribution in [1.82, 2.24) is 10.3 Å². The number of aromatic nitrogens is 1. The SMILES string of the molecule is COCC(NC(=O)Nc1cc(N)c(C(=N)OCCO)c(C)n1)c1ccccc1. The summed E-state index contributed by atoms with van der Waals surface area (Å²) in [5, 5.41) is 22.2. The number of aliphatic hydroxyl groups is 1. The molecule has 28 heavy (non-hydrogen) atoms. The first kappa shape index (κ1) is 21.1. The Hall–Kier alpha value is -3.17. The van der Waals surface area contributed by atoms with Crippen LogP contribution in [-0.2, 0) is 9.47 Å². The molecule has 2 aromatic rings. The van der Waals surface area contributed by atoms with Crippen molar-refractivity contribution in [3.8, 4) is 0 Å². The minimum atomic E-state index is -0.462. The molecular formula is C19H25N5O4. The summed E-state index contributed by atoms with van der Waals surface area (Å²) in [6.07, 6.45) is 0. The van der Waals surface area contributed by atoms with Gasteiger partial charge in [-0.25, -0.2) is 9.78 Å². The van der Waals surface area contributed by atoms with Gasteiger partial charge in [-0.1, -0.05) is 30.3 Å². The van der Waals surface area contributed by atoms with Gasteiger partial charge < -0.3 is 25.6 Å². The largest absolute Gasteiger partial charge is 0.475 e. The third-order valence-corrected chi connectivity index (χ3v) is 3.88. The van der Waals surface area contributed by atoms with E-state index in [9.17, 15) is 4.79 Å². The Morgan fingerprint density at radius 3 is 2.68 bits per heavy atom. The van der Waals surface area contributed by atoms with Crippen molar-refractivity contribution in [3.63, 3.8) is 0 Å². The van der Waals surface area contributed by atoms with Crippen LogP contribution in [0.5, 0.6) is 0 Å². The number of benzene rings is 1. The van der Waals surface area contributed by atoms with E-state index in [1.807, 2.05) is 30.3 Å². The number of rotatable bonds is 8. The number of urea groups is 1. The molecule has 150 valence electrons. The molecule has 2 amide bonds. The summed E-state index contributed by atoms with van der Waals surface area (Å²) < 4.78 is 10.3. The molecule has 9 heteroatoms. The zero-order valence-corrected chi connectivity index (χ0v) is 15.9. The third-order valence-electron chi connectivity index (χ3n) is 3.88. The standard InChI is InChI=1S/C19H25N5O4/c1-12-17(18(21)28-9-8-25)14(20)10-16(22-12)24-19(26)23-15(11-27-2)13-6-4-3-5-7-13/h3-7,10,15,21,25H,8-9,11H2,1-2H3,(H4,20,22,23,24,26). The van der Waals surface area contributed by atoms with Gasteiger partial charge in [-0.05, 0) is 12.5 Å². The number of nitrogens with zero attached hydrogens (tertiary/aromatic N) is 1. The zero-order chi connectivity index (χ0) is 20.5. The first-order valence-corrected chi connectivity index (χ1v) is 8.67. The number of pyridine rings is 1. The molecule has 1 atom stereocenters. The zero-order valence-electron chi connectivity index (χ0n) is 15.9. The van der Waals surface area contributed by atoms with Crippen molar-refractivity contribution in [2.75, 3.05) is 38.0 Å². The molecule has 0 bridgehead atoms. The number of anilines is 2. The molecule has 1 aromatic carbocycles. The maximum absolute atomic E-state index is 12.4. The van der Waals surface area contributed by atoms with E-state index in [-0.39, 0.29) is 36.7 Å². The first-order chi connectivity index (χ1) is 13.5. The quantitative estimate of drug-likeness (QED) is 0.345. The van der Waals surface area contributed by atoms with Crippen LogP contribution in [-0.4, -0.2) is 48.9 Å². The van der Waals surface area contributed by atoms with Crippen LogP contribution in [0.2, 0.25) is 0 Å². The summed E-state index contributed by atoms with van der Waals surface area (Å²) in [5.41, 5.74) is 7.89. The Morgan fingerprint density at radius 2 is 2.07 bits per heavy atom. The summed E-state index contributed by atoms with van der Waals surface area (Å²) in [4.78, 5) is 16.7. The Kier molecular flexibility index (Phi) is 7.73. The molecule has 0 aliphatic rings. The van der Waals surface area contributed by atoms with Crippen molar-refractivity contribution in [1.29, 1.82) is 5.41 Å².